The monoisotopic (exact) mass is 268 g/mol. The van der Waals surface area contributed by atoms with Crippen LogP contribution in [0.4, 0.5) is 4.79 Å². The van der Waals surface area contributed by atoms with Gasteiger partial charge in [-0.25, -0.2) is 9.59 Å². The first-order valence-electron chi connectivity index (χ1n) is 5.35. The summed E-state index contributed by atoms with van der Waals surface area (Å²) < 4.78 is 10.2. The highest BCUT2D eigenvalue weighted by molar-refractivity contribution is 5.82. The standard InChI is InChI=1S/C11H12N2O6/c12-11(17)13-8(10(15)16)9(14)5-1-2-6-7(3-5)19-4-18-6/h1-3,8-9,14H,4H2,(H,15,16)(H3,12,13,17)/t8-,9+/m1/s1. The van der Waals surface area contributed by atoms with Gasteiger partial charge < -0.3 is 30.7 Å². The number of aliphatic hydroxyl groups excluding tert-OH is 1. The van der Waals surface area contributed by atoms with E-state index in [2.05, 4.69) is 0 Å². The number of rotatable bonds is 4. The Morgan fingerprint density at radius 1 is 1.32 bits per heavy atom. The Kier molecular flexibility index (Phi) is 3.43. The number of ether oxygens (including phenoxy) is 2. The van der Waals surface area contributed by atoms with Crippen molar-refractivity contribution >= 4 is 12.0 Å². The number of aliphatic hydroxyl groups is 1. The SMILES string of the molecule is NC(=O)N[C@@H](C(=O)O)[C@@H](O)c1ccc2c(c1)OCO2. The number of amides is 2. The molecule has 1 aromatic carbocycles. The van der Waals surface area contributed by atoms with Crippen LogP contribution in [0.5, 0.6) is 11.5 Å². The van der Waals surface area contributed by atoms with Crippen LogP contribution in [0.25, 0.3) is 0 Å². The zero-order valence-corrected chi connectivity index (χ0v) is 9.70. The summed E-state index contributed by atoms with van der Waals surface area (Å²) in [6.07, 6.45) is -1.46. The first-order chi connectivity index (χ1) is 8.99. The molecule has 1 aliphatic rings. The lowest BCUT2D eigenvalue weighted by Gasteiger charge is -2.19. The third kappa shape index (κ3) is 2.68. The van der Waals surface area contributed by atoms with E-state index < -0.39 is 24.1 Å². The van der Waals surface area contributed by atoms with Crippen LogP contribution < -0.4 is 20.5 Å². The van der Waals surface area contributed by atoms with Crippen LogP contribution in [0.2, 0.25) is 0 Å². The zero-order valence-electron chi connectivity index (χ0n) is 9.70. The fraction of sp³-hybridized carbons (Fsp3) is 0.273. The van der Waals surface area contributed by atoms with Gasteiger partial charge in [-0.1, -0.05) is 6.07 Å². The molecule has 0 unspecified atom stereocenters. The Hall–Kier alpha value is -2.48. The minimum atomic E-state index is -1.54. The normalized spacial score (nSPS) is 15.6. The van der Waals surface area contributed by atoms with Crippen LogP contribution >= 0.6 is 0 Å². The maximum absolute atomic E-state index is 11.0. The Morgan fingerprint density at radius 2 is 2.00 bits per heavy atom. The zero-order chi connectivity index (χ0) is 14.0. The Labute approximate surface area is 107 Å². The molecule has 1 heterocycles. The van der Waals surface area contributed by atoms with Crippen molar-refractivity contribution in [3.63, 3.8) is 0 Å². The van der Waals surface area contributed by atoms with Crippen LogP contribution in [-0.4, -0.2) is 35.0 Å². The number of nitrogens with two attached hydrogens (primary N) is 1. The number of fused-ring (bicyclic) bond motifs is 1. The highest BCUT2D eigenvalue weighted by Gasteiger charge is 2.30. The van der Waals surface area contributed by atoms with Crippen molar-refractivity contribution in [1.29, 1.82) is 0 Å². The van der Waals surface area contributed by atoms with E-state index in [4.69, 9.17) is 20.3 Å². The molecule has 8 nitrogen and oxygen atoms in total. The number of carbonyl (C=O) groups is 2. The average molecular weight is 268 g/mol. The van der Waals surface area contributed by atoms with Crippen LogP contribution in [0.15, 0.2) is 18.2 Å². The van der Waals surface area contributed by atoms with Gasteiger partial charge in [-0.2, -0.15) is 0 Å². The van der Waals surface area contributed by atoms with E-state index in [1.54, 1.807) is 6.07 Å². The molecule has 102 valence electrons. The number of carbonyl (C=O) groups excluding carboxylic acids is 1. The molecule has 19 heavy (non-hydrogen) atoms. The second kappa shape index (κ2) is 5.02. The molecule has 0 radical (unpaired) electrons. The summed E-state index contributed by atoms with van der Waals surface area (Å²) >= 11 is 0. The maximum atomic E-state index is 11.0. The molecule has 0 fully saturated rings. The number of carboxylic acid groups (broad SMARTS) is 1. The molecule has 2 rings (SSSR count). The topological polar surface area (TPSA) is 131 Å². The van der Waals surface area contributed by atoms with Gasteiger partial charge in [0.2, 0.25) is 6.79 Å². The van der Waals surface area contributed by atoms with Gasteiger partial charge in [0.25, 0.3) is 0 Å². The Balaban J connectivity index is 2.23. The summed E-state index contributed by atoms with van der Waals surface area (Å²) in [4.78, 5) is 21.7. The maximum Gasteiger partial charge on any atom is 0.329 e. The molecule has 0 spiro atoms. The van der Waals surface area contributed by atoms with Crippen molar-refractivity contribution in [2.24, 2.45) is 5.73 Å². The fourth-order valence-corrected chi connectivity index (χ4v) is 1.72. The Bertz CT molecular complexity index is 518. The predicted octanol–water partition coefficient (Wildman–Crippen LogP) is -0.430. The smallest absolute Gasteiger partial charge is 0.329 e. The summed E-state index contributed by atoms with van der Waals surface area (Å²) in [7, 11) is 0. The molecule has 8 heteroatoms. The first-order valence-corrected chi connectivity index (χ1v) is 5.35. The van der Waals surface area contributed by atoms with Gasteiger partial charge in [-0.05, 0) is 17.7 Å². The number of urea groups is 1. The van der Waals surface area contributed by atoms with E-state index in [0.717, 1.165) is 0 Å². The lowest BCUT2D eigenvalue weighted by atomic mass is 10.0. The summed E-state index contributed by atoms with van der Waals surface area (Å²) in [6.45, 7) is 0.0662. The molecule has 0 aliphatic carbocycles. The van der Waals surface area contributed by atoms with E-state index in [0.29, 0.717) is 11.5 Å². The van der Waals surface area contributed by atoms with Crippen molar-refractivity contribution < 1.29 is 29.3 Å². The van der Waals surface area contributed by atoms with Crippen molar-refractivity contribution in [2.75, 3.05) is 6.79 Å². The second-order valence-corrected chi connectivity index (χ2v) is 3.88. The van der Waals surface area contributed by atoms with Crippen molar-refractivity contribution in [2.45, 2.75) is 12.1 Å². The van der Waals surface area contributed by atoms with Crippen molar-refractivity contribution in [3.05, 3.63) is 23.8 Å². The van der Waals surface area contributed by atoms with Gasteiger partial charge in [0.05, 0.1) is 0 Å². The molecular weight excluding hydrogens is 256 g/mol. The number of carboxylic acids is 1. The average Bonchev–Trinajstić information content (AvgIpc) is 2.81. The molecule has 0 saturated heterocycles. The molecule has 5 N–H and O–H groups in total. The lowest BCUT2D eigenvalue weighted by Crippen LogP contribution is -2.47. The van der Waals surface area contributed by atoms with Crippen molar-refractivity contribution in [3.8, 4) is 11.5 Å². The van der Waals surface area contributed by atoms with Gasteiger partial charge in [0, 0.05) is 0 Å². The first kappa shape index (κ1) is 13.0. The number of hydrogen-bond donors (Lipinski definition) is 4. The summed E-state index contributed by atoms with van der Waals surface area (Å²) in [5.74, 6) is -0.491. The molecule has 2 amide bonds. The number of benzene rings is 1. The Morgan fingerprint density at radius 3 is 2.63 bits per heavy atom. The van der Waals surface area contributed by atoms with E-state index in [9.17, 15) is 14.7 Å². The summed E-state index contributed by atoms with van der Waals surface area (Å²) in [5.41, 5.74) is 5.14. The number of aliphatic carboxylic acids is 1. The van der Waals surface area contributed by atoms with Crippen LogP contribution in [0.1, 0.15) is 11.7 Å². The minimum Gasteiger partial charge on any atom is -0.480 e. The molecule has 0 saturated carbocycles. The van der Waals surface area contributed by atoms with E-state index >= 15 is 0 Å². The van der Waals surface area contributed by atoms with E-state index in [1.807, 2.05) is 5.32 Å². The van der Waals surface area contributed by atoms with Crippen LogP contribution in [0, 0.1) is 0 Å². The van der Waals surface area contributed by atoms with Gasteiger partial charge in [-0.3, -0.25) is 0 Å². The quantitative estimate of drug-likeness (QED) is 0.586. The summed E-state index contributed by atoms with van der Waals surface area (Å²) in [5, 5.41) is 20.9. The molecule has 1 aliphatic heterocycles. The van der Waals surface area contributed by atoms with Crippen molar-refractivity contribution in [1.82, 2.24) is 5.32 Å². The highest BCUT2D eigenvalue weighted by Crippen LogP contribution is 2.34. The van der Waals surface area contributed by atoms with Gasteiger partial charge in [0.1, 0.15) is 6.10 Å². The number of nitrogens with one attached hydrogen (secondary N) is 1. The lowest BCUT2D eigenvalue weighted by molar-refractivity contribution is -0.142. The predicted molar refractivity (Wildman–Crippen MR) is 61.7 cm³/mol. The van der Waals surface area contributed by atoms with Gasteiger partial charge in [-0.15, -0.1) is 0 Å². The fourth-order valence-electron chi connectivity index (χ4n) is 1.72. The largest absolute Gasteiger partial charge is 0.480 e. The van der Waals surface area contributed by atoms with E-state index in [1.165, 1.54) is 12.1 Å². The molecule has 0 bridgehead atoms. The third-order valence-corrected chi connectivity index (χ3v) is 2.62. The summed E-state index contributed by atoms with van der Waals surface area (Å²) in [6, 6.07) is 1.90. The number of hydrogen-bond acceptors (Lipinski definition) is 5. The minimum absolute atomic E-state index is 0.0662. The van der Waals surface area contributed by atoms with Gasteiger partial charge in [0.15, 0.2) is 17.5 Å². The molecule has 1 aromatic rings. The van der Waals surface area contributed by atoms with Crippen LogP contribution in [0.3, 0.4) is 0 Å². The van der Waals surface area contributed by atoms with E-state index in [-0.39, 0.29) is 12.4 Å². The molecule has 2 atom stereocenters. The van der Waals surface area contributed by atoms with Crippen LogP contribution in [-0.2, 0) is 4.79 Å². The molecular formula is C11H12N2O6. The second-order valence-electron chi connectivity index (χ2n) is 3.88. The highest BCUT2D eigenvalue weighted by atomic mass is 16.7. The number of primary amides is 1. The molecule has 0 aromatic heterocycles. The third-order valence-electron chi connectivity index (χ3n) is 2.62. The van der Waals surface area contributed by atoms with Gasteiger partial charge >= 0.3 is 12.0 Å².